The number of carbonyl (C=O) groups excluding carboxylic acids is 5. The molecular weight excluding hydrogens is 578 g/mol. The molecule has 2 N–H and O–H groups in total. The number of hydrogen-bond donors (Lipinski definition) is 2. The Balaban J connectivity index is 1.57. The van der Waals surface area contributed by atoms with E-state index in [1.807, 2.05) is 26.0 Å². The monoisotopic (exact) mass is 605 g/mol. The molecular formula is C31H28ClN3O8. The standard InChI is InChI=1S/C31H28ClN3O8/c1-5-42-25-15-19(14-23(32)27(25)43-16-26(36)33-24-11-6-17(2)12-18(24)3)13-22-28(37)34-31(40)35(29(22)38)21-9-7-20(8-10-21)30(39)41-4/h6-15H,5,16H2,1-4H3,(H,33,36)(H,34,37,40)/b22-13-. The molecule has 12 heteroatoms. The summed E-state index contributed by atoms with van der Waals surface area (Å²) < 4.78 is 16.0. The summed E-state index contributed by atoms with van der Waals surface area (Å²) >= 11 is 6.49. The maximum absolute atomic E-state index is 13.3. The molecule has 11 nitrogen and oxygen atoms in total. The number of imide groups is 2. The summed E-state index contributed by atoms with van der Waals surface area (Å²) in [6.45, 7) is 5.44. The van der Waals surface area contributed by atoms with Gasteiger partial charge in [-0.25, -0.2) is 14.5 Å². The van der Waals surface area contributed by atoms with Gasteiger partial charge in [-0.1, -0.05) is 29.3 Å². The topological polar surface area (TPSA) is 140 Å². The quantitative estimate of drug-likeness (QED) is 0.201. The molecule has 0 bridgehead atoms. The highest BCUT2D eigenvalue weighted by Crippen LogP contribution is 2.37. The van der Waals surface area contributed by atoms with Gasteiger partial charge < -0.3 is 19.5 Å². The average Bonchev–Trinajstić information content (AvgIpc) is 2.96. The SMILES string of the molecule is CCOc1cc(/C=C2/C(=O)NC(=O)N(c3ccc(C(=O)OC)cc3)C2=O)cc(Cl)c1OCC(=O)Nc1ccc(C)cc1C. The molecule has 1 fully saturated rings. The summed E-state index contributed by atoms with van der Waals surface area (Å²) in [6, 6.07) is 13.1. The van der Waals surface area contributed by atoms with Crippen molar-refractivity contribution >= 4 is 58.8 Å². The summed E-state index contributed by atoms with van der Waals surface area (Å²) in [4.78, 5) is 63.6. The van der Waals surface area contributed by atoms with E-state index in [0.717, 1.165) is 16.0 Å². The number of methoxy groups -OCH3 is 1. The lowest BCUT2D eigenvalue weighted by Crippen LogP contribution is -2.54. The van der Waals surface area contributed by atoms with Crippen molar-refractivity contribution in [2.45, 2.75) is 20.8 Å². The Hall–Kier alpha value is -5.16. The smallest absolute Gasteiger partial charge is 0.337 e. The molecule has 0 atom stereocenters. The van der Waals surface area contributed by atoms with Gasteiger partial charge >= 0.3 is 12.0 Å². The van der Waals surface area contributed by atoms with Crippen LogP contribution in [0, 0.1) is 13.8 Å². The van der Waals surface area contributed by atoms with Gasteiger partial charge in [-0.2, -0.15) is 0 Å². The molecule has 3 aromatic rings. The third-order valence-corrected chi connectivity index (χ3v) is 6.58. The molecule has 222 valence electrons. The number of benzene rings is 3. The highest BCUT2D eigenvalue weighted by atomic mass is 35.5. The first-order valence-corrected chi connectivity index (χ1v) is 13.5. The summed E-state index contributed by atoms with van der Waals surface area (Å²) in [5, 5.41) is 4.99. The van der Waals surface area contributed by atoms with E-state index < -0.39 is 29.7 Å². The second-order valence-electron chi connectivity index (χ2n) is 9.41. The van der Waals surface area contributed by atoms with Crippen LogP contribution in [0.5, 0.6) is 11.5 Å². The average molecular weight is 606 g/mol. The van der Waals surface area contributed by atoms with Crippen LogP contribution >= 0.6 is 11.6 Å². The van der Waals surface area contributed by atoms with E-state index in [4.69, 9.17) is 21.1 Å². The predicted molar refractivity (Wildman–Crippen MR) is 159 cm³/mol. The van der Waals surface area contributed by atoms with Crippen LogP contribution in [-0.4, -0.2) is 50.0 Å². The number of hydrogen-bond acceptors (Lipinski definition) is 8. The number of carbonyl (C=O) groups is 5. The van der Waals surface area contributed by atoms with E-state index >= 15 is 0 Å². The maximum atomic E-state index is 13.3. The van der Waals surface area contributed by atoms with Crippen LogP contribution in [0.2, 0.25) is 5.02 Å². The van der Waals surface area contributed by atoms with Crippen molar-refractivity contribution in [3.8, 4) is 11.5 Å². The Kier molecular flexibility index (Phi) is 9.46. The van der Waals surface area contributed by atoms with Gasteiger partial charge in [0.25, 0.3) is 17.7 Å². The van der Waals surface area contributed by atoms with E-state index in [1.165, 1.54) is 49.6 Å². The molecule has 1 saturated heterocycles. The maximum Gasteiger partial charge on any atom is 0.337 e. The third kappa shape index (κ3) is 7.02. The second-order valence-corrected chi connectivity index (χ2v) is 9.82. The molecule has 0 aromatic heterocycles. The van der Waals surface area contributed by atoms with Gasteiger partial charge in [-0.05, 0) is 80.4 Å². The zero-order valence-electron chi connectivity index (χ0n) is 23.8. The fourth-order valence-corrected chi connectivity index (χ4v) is 4.55. The minimum absolute atomic E-state index is 0.0621. The molecule has 43 heavy (non-hydrogen) atoms. The first-order chi connectivity index (χ1) is 20.5. The number of esters is 1. The van der Waals surface area contributed by atoms with Crippen LogP contribution in [-0.2, 0) is 19.1 Å². The van der Waals surface area contributed by atoms with Crippen LogP contribution in [0.3, 0.4) is 0 Å². The Labute approximate surface area is 252 Å². The lowest BCUT2D eigenvalue weighted by Gasteiger charge is -2.26. The van der Waals surface area contributed by atoms with Gasteiger partial charge in [-0.15, -0.1) is 0 Å². The summed E-state index contributed by atoms with van der Waals surface area (Å²) in [5.74, 6) is -2.52. The Morgan fingerprint density at radius 2 is 1.72 bits per heavy atom. The van der Waals surface area contributed by atoms with Gasteiger partial charge in [0.15, 0.2) is 18.1 Å². The molecule has 3 aromatic carbocycles. The number of barbiturate groups is 1. The normalized spacial score (nSPS) is 13.9. The van der Waals surface area contributed by atoms with E-state index in [1.54, 1.807) is 13.0 Å². The van der Waals surface area contributed by atoms with Crippen molar-refractivity contribution in [1.29, 1.82) is 0 Å². The fraction of sp³-hybridized carbons (Fsp3) is 0.194. The molecule has 4 rings (SSSR count). The number of amides is 5. The second kappa shape index (κ2) is 13.2. The zero-order valence-corrected chi connectivity index (χ0v) is 24.5. The van der Waals surface area contributed by atoms with Crippen LogP contribution in [0.1, 0.15) is 34.0 Å². The molecule has 1 heterocycles. The number of nitrogens with zero attached hydrogens (tertiary/aromatic N) is 1. The minimum Gasteiger partial charge on any atom is -0.490 e. The Bertz CT molecular complexity index is 1650. The molecule has 1 aliphatic heterocycles. The summed E-state index contributed by atoms with van der Waals surface area (Å²) in [6.07, 6.45) is 1.25. The van der Waals surface area contributed by atoms with Crippen LogP contribution in [0.25, 0.3) is 6.08 Å². The number of anilines is 2. The minimum atomic E-state index is -0.950. The fourth-order valence-electron chi connectivity index (χ4n) is 4.28. The Morgan fingerprint density at radius 3 is 2.37 bits per heavy atom. The molecule has 0 radical (unpaired) electrons. The van der Waals surface area contributed by atoms with E-state index in [0.29, 0.717) is 11.3 Å². The molecule has 1 aliphatic rings. The molecule has 0 unspecified atom stereocenters. The summed E-state index contributed by atoms with van der Waals surface area (Å²) in [7, 11) is 1.23. The molecule has 0 saturated carbocycles. The van der Waals surface area contributed by atoms with E-state index in [2.05, 4.69) is 15.4 Å². The Morgan fingerprint density at radius 1 is 1.00 bits per heavy atom. The number of urea groups is 1. The molecule has 0 spiro atoms. The lowest BCUT2D eigenvalue weighted by atomic mass is 10.1. The number of nitrogens with one attached hydrogen (secondary N) is 2. The van der Waals surface area contributed by atoms with Gasteiger partial charge in [0, 0.05) is 5.69 Å². The lowest BCUT2D eigenvalue weighted by molar-refractivity contribution is -0.122. The number of rotatable bonds is 9. The first-order valence-electron chi connectivity index (χ1n) is 13.1. The summed E-state index contributed by atoms with van der Waals surface area (Å²) in [5.41, 5.74) is 2.91. The van der Waals surface area contributed by atoms with Crippen molar-refractivity contribution in [3.05, 3.63) is 87.4 Å². The van der Waals surface area contributed by atoms with E-state index in [9.17, 15) is 24.0 Å². The van der Waals surface area contributed by atoms with Crippen molar-refractivity contribution < 1.29 is 38.2 Å². The molecule has 5 amide bonds. The van der Waals surface area contributed by atoms with Crippen molar-refractivity contribution in [1.82, 2.24) is 5.32 Å². The molecule has 0 aliphatic carbocycles. The van der Waals surface area contributed by atoms with Crippen molar-refractivity contribution in [2.24, 2.45) is 0 Å². The van der Waals surface area contributed by atoms with Crippen LogP contribution in [0.15, 0.2) is 60.2 Å². The highest BCUT2D eigenvalue weighted by molar-refractivity contribution is 6.39. The number of halogens is 1. The number of ether oxygens (including phenoxy) is 3. The zero-order chi connectivity index (χ0) is 31.3. The van der Waals surface area contributed by atoms with Crippen LogP contribution < -0.4 is 25.0 Å². The van der Waals surface area contributed by atoms with Gasteiger partial charge in [0.1, 0.15) is 5.57 Å². The largest absolute Gasteiger partial charge is 0.490 e. The van der Waals surface area contributed by atoms with Gasteiger partial charge in [0.2, 0.25) is 0 Å². The predicted octanol–water partition coefficient (Wildman–Crippen LogP) is 4.83. The number of aryl methyl sites for hydroxylation is 2. The van der Waals surface area contributed by atoms with E-state index in [-0.39, 0.29) is 46.6 Å². The highest BCUT2D eigenvalue weighted by Gasteiger charge is 2.37. The van der Waals surface area contributed by atoms with Crippen molar-refractivity contribution in [2.75, 3.05) is 30.5 Å². The van der Waals surface area contributed by atoms with Crippen molar-refractivity contribution in [3.63, 3.8) is 0 Å². The van der Waals surface area contributed by atoms with Gasteiger partial charge in [-0.3, -0.25) is 19.7 Å². The first kappa shape index (κ1) is 30.8. The third-order valence-electron chi connectivity index (χ3n) is 6.29. The van der Waals surface area contributed by atoms with Crippen LogP contribution in [0.4, 0.5) is 16.2 Å². The van der Waals surface area contributed by atoms with Gasteiger partial charge in [0.05, 0.1) is 30.0 Å².